The number of alkyl halides is 2. The van der Waals surface area contributed by atoms with Crippen molar-refractivity contribution in [2.75, 3.05) is 0 Å². The minimum atomic E-state index is -2.09. The summed E-state index contributed by atoms with van der Waals surface area (Å²) in [5.41, 5.74) is 0. The summed E-state index contributed by atoms with van der Waals surface area (Å²) in [5, 5.41) is 0. The van der Waals surface area contributed by atoms with Crippen molar-refractivity contribution in [1.82, 2.24) is 0 Å². The molecule has 0 nitrogen and oxygen atoms in total. The second kappa shape index (κ2) is 10.7. The zero-order valence-electron chi connectivity index (χ0n) is 15.2. The summed E-state index contributed by atoms with van der Waals surface area (Å²) in [6, 6.07) is 0. The molecule has 2 heteroatoms. The molecular weight excluding hydrogens is 290 g/mol. The molecule has 0 N–H and O–H groups in total. The zero-order chi connectivity index (χ0) is 16.5. The first-order valence-corrected chi connectivity index (χ1v) is 10.5. The van der Waals surface area contributed by atoms with Gasteiger partial charge in [-0.2, -0.15) is 0 Å². The van der Waals surface area contributed by atoms with Gasteiger partial charge in [0.2, 0.25) is 6.43 Å². The van der Waals surface area contributed by atoms with E-state index in [0.717, 1.165) is 30.6 Å². The average molecular weight is 329 g/mol. The summed E-state index contributed by atoms with van der Waals surface area (Å²) in [6.45, 7) is 2.28. The molecule has 0 amide bonds. The Balaban J connectivity index is 1.56. The van der Waals surface area contributed by atoms with Gasteiger partial charge in [0.1, 0.15) is 0 Å². The van der Waals surface area contributed by atoms with Crippen LogP contribution in [0.5, 0.6) is 0 Å². The van der Waals surface area contributed by atoms with E-state index in [-0.39, 0.29) is 6.42 Å². The van der Waals surface area contributed by atoms with Crippen molar-refractivity contribution in [3.8, 4) is 0 Å². The van der Waals surface area contributed by atoms with Crippen molar-refractivity contribution in [2.24, 2.45) is 23.7 Å². The van der Waals surface area contributed by atoms with Crippen LogP contribution in [0.4, 0.5) is 8.78 Å². The van der Waals surface area contributed by atoms with E-state index in [9.17, 15) is 8.78 Å². The molecule has 0 atom stereocenters. The maximum atomic E-state index is 12.5. The second-order valence-electron chi connectivity index (χ2n) is 8.39. The molecule has 0 aromatic rings. The van der Waals surface area contributed by atoms with E-state index >= 15 is 0 Å². The van der Waals surface area contributed by atoms with Crippen LogP contribution in [0.25, 0.3) is 0 Å². The summed E-state index contributed by atoms with van der Waals surface area (Å²) >= 11 is 0. The van der Waals surface area contributed by atoms with E-state index in [1.807, 2.05) is 0 Å². The van der Waals surface area contributed by atoms with Crippen molar-refractivity contribution in [3.63, 3.8) is 0 Å². The fourth-order valence-electron chi connectivity index (χ4n) is 5.13. The van der Waals surface area contributed by atoms with E-state index in [1.54, 1.807) is 0 Å². The van der Waals surface area contributed by atoms with Crippen molar-refractivity contribution < 1.29 is 8.78 Å². The lowest BCUT2D eigenvalue weighted by Crippen LogP contribution is -2.26. The van der Waals surface area contributed by atoms with Crippen LogP contribution in [-0.2, 0) is 0 Å². The molecule has 0 heterocycles. The maximum absolute atomic E-state index is 12.5. The molecule has 0 aromatic carbocycles. The lowest BCUT2D eigenvalue weighted by atomic mass is 9.68. The van der Waals surface area contributed by atoms with Gasteiger partial charge in [0.25, 0.3) is 0 Å². The Morgan fingerprint density at radius 2 is 1.22 bits per heavy atom. The van der Waals surface area contributed by atoms with Crippen molar-refractivity contribution in [1.29, 1.82) is 0 Å². The lowest BCUT2D eigenvalue weighted by molar-refractivity contribution is 0.0832. The third-order valence-electron chi connectivity index (χ3n) is 6.68. The largest absolute Gasteiger partial charge is 0.238 e. The quantitative estimate of drug-likeness (QED) is 0.382. The fourth-order valence-corrected chi connectivity index (χ4v) is 5.13. The molecule has 0 bridgehead atoms. The van der Waals surface area contributed by atoms with Crippen LogP contribution in [0.15, 0.2) is 0 Å². The van der Waals surface area contributed by atoms with Gasteiger partial charge in [-0.1, -0.05) is 58.3 Å². The van der Waals surface area contributed by atoms with Crippen LogP contribution < -0.4 is 0 Å². The van der Waals surface area contributed by atoms with Crippen molar-refractivity contribution in [2.45, 2.75) is 110 Å². The van der Waals surface area contributed by atoms with Gasteiger partial charge in [-0.25, -0.2) is 8.78 Å². The minimum absolute atomic E-state index is 0.150. The summed E-state index contributed by atoms with van der Waals surface area (Å²) in [7, 11) is 0. The van der Waals surface area contributed by atoms with E-state index in [1.165, 1.54) is 77.0 Å². The zero-order valence-corrected chi connectivity index (χ0v) is 15.2. The van der Waals surface area contributed by atoms with Crippen LogP contribution in [0, 0.1) is 23.7 Å². The summed E-state index contributed by atoms with van der Waals surface area (Å²) < 4.78 is 25.0. The highest BCUT2D eigenvalue weighted by Gasteiger charge is 2.31. The highest BCUT2D eigenvalue weighted by Crippen LogP contribution is 2.43. The summed E-state index contributed by atoms with van der Waals surface area (Å²) in [5.74, 6) is 3.07. The highest BCUT2D eigenvalue weighted by atomic mass is 19.3. The van der Waals surface area contributed by atoms with E-state index in [4.69, 9.17) is 0 Å². The molecule has 2 rings (SSSR count). The van der Waals surface area contributed by atoms with Crippen LogP contribution in [-0.4, -0.2) is 6.43 Å². The Bertz CT molecular complexity index is 286. The fraction of sp³-hybridized carbons (Fsp3) is 1.00. The van der Waals surface area contributed by atoms with E-state index in [2.05, 4.69) is 6.92 Å². The highest BCUT2D eigenvalue weighted by molar-refractivity contribution is 4.82. The number of rotatable bonds is 9. The normalized spacial score (nSPS) is 32.3. The van der Waals surface area contributed by atoms with Gasteiger partial charge in [-0.3, -0.25) is 0 Å². The van der Waals surface area contributed by atoms with Gasteiger partial charge in [0.05, 0.1) is 0 Å². The second-order valence-corrected chi connectivity index (χ2v) is 8.39. The molecule has 2 aliphatic carbocycles. The molecule has 0 spiro atoms. The molecule has 2 fully saturated rings. The number of hydrogen-bond donors (Lipinski definition) is 0. The molecule has 23 heavy (non-hydrogen) atoms. The molecule has 0 radical (unpaired) electrons. The van der Waals surface area contributed by atoms with Gasteiger partial charge in [0.15, 0.2) is 0 Å². The molecule has 2 saturated carbocycles. The lowest BCUT2D eigenvalue weighted by Gasteiger charge is -2.38. The molecule has 0 aromatic heterocycles. The van der Waals surface area contributed by atoms with Crippen LogP contribution in [0.1, 0.15) is 103 Å². The molecule has 0 unspecified atom stereocenters. The van der Waals surface area contributed by atoms with Crippen molar-refractivity contribution >= 4 is 0 Å². The first kappa shape index (κ1) is 19.2. The first-order valence-electron chi connectivity index (χ1n) is 10.5. The SMILES string of the molecule is CCCCCCCC1CCC(C2CCC(CC(F)F)CC2)CC1. The summed E-state index contributed by atoms with van der Waals surface area (Å²) in [6.07, 6.45) is 16.8. The van der Waals surface area contributed by atoms with Crippen LogP contribution >= 0.6 is 0 Å². The Morgan fingerprint density at radius 1 is 0.696 bits per heavy atom. The molecule has 0 saturated heterocycles. The minimum Gasteiger partial charge on any atom is -0.211 e. The first-order chi connectivity index (χ1) is 11.2. The Morgan fingerprint density at radius 3 is 1.74 bits per heavy atom. The van der Waals surface area contributed by atoms with Gasteiger partial charge in [-0.15, -0.1) is 0 Å². The Kier molecular flexibility index (Phi) is 8.90. The summed E-state index contributed by atoms with van der Waals surface area (Å²) in [4.78, 5) is 0. The maximum Gasteiger partial charge on any atom is 0.238 e. The predicted molar refractivity (Wildman–Crippen MR) is 94.9 cm³/mol. The van der Waals surface area contributed by atoms with Gasteiger partial charge < -0.3 is 0 Å². The Hall–Kier alpha value is -0.140. The van der Waals surface area contributed by atoms with Crippen LogP contribution in [0.3, 0.4) is 0 Å². The third-order valence-corrected chi connectivity index (χ3v) is 6.68. The van der Waals surface area contributed by atoms with E-state index < -0.39 is 6.43 Å². The molecular formula is C21H38F2. The molecule has 2 aliphatic rings. The van der Waals surface area contributed by atoms with Gasteiger partial charge in [-0.05, 0) is 62.2 Å². The van der Waals surface area contributed by atoms with Crippen molar-refractivity contribution in [3.05, 3.63) is 0 Å². The number of hydrogen-bond acceptors (Lipinski definition) is 0. The molecule has 136 valence electrons. The smallest absolute Gasteiger partial charge is 0.211 e. The predicted octanol–water partition coefficient (Wildman–Crippen LogP) is 7.61. The monoisotopic (exact) mass is 328 g/mol. The third kappa shape index (κ3) is 7.10. The van der Waals surface area contributed by atoms with Crippen LogP contribution in [0.2, 0.25) is 0 Å². The topological polar surface area (TPSA) is 0 Å². The average Bonchev–Trinajstić information content (AvgIpc) is 2.55. The number of halogens is 2. The van der Waals surface area contributed by atoms with Gasteiger partial charge >= 0.3 is 0 Å². The standard InChI is InChI=1S/C21H38F2/c1-2-3-4-5-6-7-17-8-12-19(13-9-17)20-14-10-18(11-15-20)16-21(22)23/h17-21H,2-16H2,1H3. The van der Waals surface area contributed by atoms with Gasteiger partial charge in [0, 0.05) is 6.42 Å². The van der Waals surface area contributed by atoms with E-state index in [0.29, 0.717) is 5.92 Å². The molecule has 0 aliphatic heterocycles. The Labute approximate surface area is 142 Å². The number of unbranched alkanes of at least 4 members (excludes halogenated alkanes) is 4.